The van der Waals surface area contributed by atoms with E-state index >= 15 is 0 Å². The van der Waals surface area contributed by atoms with Crippen LogP contribution in [-0.2, 0) is 14.3 Å². The van der Waals surface area contributed by atoms with Crippen molar-refractivity contribution >= 4 is 5.97 Å². The molecule has 1 aliphatic rings. The topological polar surface area (TPSA) is 38.8 Å². The molecular formula is C10H16O3. The number of carbonyl (C=O) groups is 1. The quantitative estimate of drug-likeness (QED) is 0.273. The first-order valence-corrected chi connectivity index (χ1v) is 4.72. The van der Waals surface area contributed by atoms with Gasteiger partial charge in [-0.2, -0.15) is 0 Å². The van der Waals surface area contributed by atoms with Crippen molar-refractivity contribution in [3.63, 3.8) is 0 Å². The number of hydrogen-bond donors (Lipinski definition) is 0. The van der Waals surface area contributed by atoms with Gasteiger partial charge in [0, 0.05) is 6.08 Å². The Morgan fingerprint density at radius 3 is 2.92 bits per heavy atom. The smallest absolute Gasteiger partial charge is 0.330 e. The summed E-state index contributed by atoms with van der Waals surface area (Å²) in [6.45, 7) is 5.90. The van der Waals surface area contributed by atoms with Gasteiger partial charge >= 0.3 is 5.97 Å². The predicted molar refractivity (Wildman–Crippen MR) is 49.3 cm³/mol. The molecule has 0 aliphatic carbocycles. The third kappa shape index (κ3) is 3.59. The Morgan fingerprint density at radius 2 is 2.38 bits per heavy atom. The van der Waals surface area contributed by atoms with Crippen molar-refractivity contribution in [3.05, 3.63) is 12.7 Å². The molecule has 0 saturated carbocycles. The summed E-state index contributed by atoms with van der Waals surface area (Å²) in [5.41, 5.74) is 0. The summed E-state index contributed by atoms with van der Waals surface area (Å²) >= 11 is 0. The summed E-state index contributed by atoms with van der Waals surface area (Å²) in [6.07, 6.45) is 4.99. The number of ether oxygens (including phenoxy) is 2. The fourth-order valence-electron chi connectivity index (χ4n) is 1.31. The average molecular weight is 184 g/mol. The molecule has 1 fully saturated rings. The van der Waals surface area contributed by atoms with Crippen LogP contribution in [0.1, 0.15) is 26.2 Å². The lowest BCUT2D eigenvalue weighted by Gasteiger charge is -1.99. The first kappa shape index (κ1) is 10.3. The van der Waals surface area contributed by atoms with Gasteiger partial charge in [-0.1, -0.05) is 13.5 Å². The zero-order chi connectivity index (χ0) is 9.68. The van der Waals surface area contributed by atoms with Crippen molar-refractivity contribution in [1.82, 2.24) is 0 Å². The molecule has 13 heavy (non-hydrogen) atoms. The second-order valence-electron chi connectivity index (χ2n) is 3.14. The van der Waals surface area contributed by atoms with E-state index in [4.69, 9.17) is 9.47 Å². The summed E-state index contributed by atoms with van der Waals surface area (Å²) in [4.78, 5) is 10.6. The Hall–Kier alpha value is -0.830. The standard InChI is InChI=1S/C10H16O3/c1-3-8-9(13-8)6-5-7-12-10(11)4-2/h4,8-9H,2-3,5-7H2,1H3. The lowest BCUT2D eigenvalue weighted by molar-refractivity contribution is -0.137. The van der Waals surface area contributed by atoms with Crippen LogP contribution in [0.15, 0.2) is 12.7 Å². The maximum Gasteiger partial charge on any atom is 0.330 e. The van der Waals surface area contributed by atoms with E-state index in [1.807, 2.05) is 0 Å². The normalized spacial score (nSPS) is 25.3. The highest BCUT2D eigenvalue weighted by Crippen LogP contribution is 2.28. The van der Waals surface area contributed by atoms with Crippen molar-refractivity contribution in [3.8, 4) is 0 Å². The molecule has 0 spiro atoms. The van der Waals surface area contributed by atoms with E-state index < -0.39 is 0 Å². The van der Waals surface area contributed by atoms with Crippen molar-refractivity contribution in [2.45, 2.75) is 38.4 Å². The van der Waals surface area contributed by atoms with E-state index in [1.54, 1.807) is 0 Å². The molecular weight excluding hydrogens is 168 g/mol. The first-order valence-electron chi connectivity index (χ1n) is 4.72. The van der Waals surface area contributed by atoms with E-state index in [-0.39, 0.29) is 5.97 Å². The van der Waals surface area contributed by atoms with Gasteiger partial charge < -0.3 is 9.47 Å². The van der Waals surface area contributed by atoms with E-state index in [1.165, 1.54) is 6.08 Å². The highest BCUT2D eigenvalue weighted by molar-refractivity contribution is 5.81. The number of rotatable bonds is 6. The molecule has 0 aromatic rings. The van der Waals surface area contributed by atoms with Gasteiger partial charge in [0.1, 0.15) is 0 Å². The van der Waals surface area contributed by atoms with Gasteiger partial charge in [-0.25, -0.2) is 4.79 Å². The van der Waals surface area contributed by atoms with Crippen LogP contribution < -0.4 is 0 Å². The fourth-order valence-corrected chi connectivity index (χ4v) is 1.31. The summed E-state index contributed by atoms with van der Waals surface area (Å²) in [7, 11) is 0. The molecule has 1 aliphatic heterocycles. The average Bonchev–Trinajstić information content (AvgIpc) is 2.90. The minimum absolute atomic E-state index is 0.344. The van der Waals surface area contributed by atoms with Crippen molar-refractivity contribution in [2.24, 2.45) is 0 Å². The van der Waals surface area contributed by atoms with Crippen molar-refractivity contribution in [1.29, 1.82) is 0 Å². The second kappa shape index (κ2) is 5.02. The monoisotopic (exact) mass is 184 g/mol. The molecule has 0 bridgehead atoms. The zero-order valence-electron chi connectivity index (χ0n) is 7.99. The molecule has 0 N–H and O–H groups in total. The summed E-state index contributed by atoms with van der Waals surface area (Å²) in [5.74, 6) is -0.344. The van der Waals surface area contributed by atoms with Gasteiger partial charge in [-0.3, -0.25) is 0 Å². The lowest BCUT2D eigenvalue weighted by Crippen LogP contribution is -2.03. The molecule has 3 heteroatoms. The Morgan fingerprint density at radius 1 is 1.62 bits per heavy atom. The van der Waals surface area contributed by atoms with Gasteiger partial charge in [-0.15, -0.1) is 0 Å². The minimum atomic E-state index is -0.344. The Kier molecular flexibility index (Phi) is 3.96. The number of carbonyl (C=O) groups excluding carboxylic acids is 1. The first-order chi connectivity index (χ1) is 6.27. The highest BCUT2D eigenvalue weighted by atomic mass is 16.6. The molecule has 0 amide bonds. The van der Waals surface area contributed by atoms with E-state index in [2.05, 4.69) is 13.5 Å². The Bertz CT molecular complexity index is 189. The summed E-state index contributed by atoms with van der Waals surface area (Å²) in [5, 5.41) is 0. The van der Waals surface area contributed by atoms with Crippen LogP contribution in [0.2, 0.25) is 0 Å². The second-order valence-corrected chi connectivity index (χ2v) is 3.14. The van der Waals surface area contributed by atoms with Crippen LogP contribution in [0.4, 0.5) is 0 Å². The molecule has 0 radical (unpaired) electrons. The summed E-state index contributed by atoms with van der Waals surface area (Å²) in [6, 6.07) is 0. The molecule has 2 atom stereocenters. The van der Waals surface area contributed by atoms with Gasteiger partial charge in [-0.05, 0) is 19.3 Å². The van der Waals surface area contributed by atoms with Gasteiger partial charge in [0.25, 0.3) is 0 Å². The van der Waals surface area contributed by atoms with E-state index in [0.29, 0.717) is 18.8 Å². The SMILES string of the molecule is C=CC(=O)OCCCC1OC1CC. The molecule has 2 unspecified atom stereocenters. The fraction of sp³-hybridized carbons (Fsp3) is 0.700. The van der Waals surface area contributed by atoms with Gasteiger partial charge in [0.2, 0.25) is 0 Å². The maximum atomic E-state index is 10.6. The predicted octanol–water partition coefficient (Wildman–Crippen LogP) is 1.67. The third-order valence-electron chi connectivity index (χ3n) is 2.13. The summed E-state index contributed by atoms with van der Waals surface area (Å²) < 4.78 is 10.2. The van der Waals surface area contributed by atoms with Crippen LogP contribution in [0.3, 0.4) is 0 Å². The van der Waals surface area contributed by atoms with Crippen molar-refractivity contribution in [2.75, 3.05) is 6.61 Å². The third-order valence-corrected chi connectivity index (χ3v) is 2.13. The molecule has 1 rings (SSSR count). The van der Waals surface area contributed by atoms with Crippen LogP contribution in [0.5, 0.6) is 0 Å². The van der Waals surface area contributed by atoms with Crippen LogP contribution in [0, 0.1) is 0 Å². The number of hydrogen-bond acceptors (Lipinski definition) is 3. The molecule has 3 nitrogen and oxygen atoms in total. The molecule has 0 aromatic heterocycles. The van der Waals surface area contributed by atoms with Crippen LogP contribution >= 0.6 is 0 Å². The maximum absolute atomic E-state index is 10.6. The molecule has 1 saturated heterocycles. The van der Waals surface area contributed by atoms with Gasteiger partial charge in [0.05, 0.1) is 18.8 Å². The largest absolute Gasteiger partial charge is 0.463 e. The van der Waals surface area contributed by atoms with Crippen molar-refractivity contribution < 1.29 is 14.3 Å². The van der Waals surface area contributed by atoms with E-state index in [0.717, 1.165) is 19.3 Å². The number of esters is 1. The van der Waals surface area contributed by atoms with Crippen LogP contribution in [0.25, 0.3) is 0 Å². The molecule has 0 aromatic carbocycles. The Labute approximate surface area is 78.7 Å². The minimum Gasteiger partial charge on any atom is -0.463 e. The van der Waals surface area contributed by atoms with Crippen LogP contribution in [-0.4, -0.2) is 24.8 Å². The van der Waals surface area contributed by atoms with E-state index in [9.17, 15) is 4.79 Å². The van der Waals surface area contributed by atoms with Gasteiger partial charge in [0.15, 0.2) is 0 Å². The molecule has 1 heterocycles. The highest BCUT2D eigenvalue weighted by Gasteiger charge is 2.35. The lowest BCUT2D eigenvalue weighted by atomic mass is 10.2. The number of epoxide rings is 1. The zero-order valence-corrected chi connectivity index (χ0v) is 7.99. The Balaban J connectivity index is 1.91. The molecule has 74 valence electrons.